The molecule has 1 aromatic carbocycles. The number of phenols is 1. The number of hydrogen-bond donors (Lipinski definition) is 1. The number of aromatic hydroxyl groups is 1. The van der Waals surface area contributed by atoms with E-state index in [0.29, 0.717) is 5.75 Å². The predicted octanol–water partition coefficient (Wildman–Crippen LogP) is 4.00. The maximum atomic E-state index is 9.99. The topological polar surface area (TPSA) is 26.7 Å². The molecule has 122 valence electrons. The summed E-state index contributed by atoms with van der Waals surface area (Å²) in [7, 11) is 0. The SMILES string of the molecule is Oc1ccc(Br)cc1CN1CCN(C2CCCCCC2)CC1. The maximum Gasteiger partial charge on any atom is 0.120 e. The summed E-state index contributed by atoms with van der Waals surface area (Å²) in [6.07, 6.45) is 8.48. The lowest BCUT2D eigenvalue weighted by Crippen LogP contribution is -2.49. The molecule has 1 heterocycles. The molecule has 0 spiro atoms. The smallest absolute Gasteiger partial charge is 0.120 e. The van der Waals surface area contributed by atoms with E-state index >= 15 is 0 Å². The molecule has 2 fully saturated rings. The van der Waals surface area contributed by atoms with Gasteiger partial charge in [0.15, 0.2) is 0 Å². The maximum absolute atomic E-state index is 9.99. The van der Waals surface area contributed by atoms with E-state index in [1.165, 1.54) is 51.6 Å². The standard InChI is InChI=1S/C18H27BrN2O/c19-16-7-8-18(22)15(13-16)14-20-9-11-21(12-10-20)17-5-3-1-2-4-6-17/h7-8,13,17,22H,1-6,9-12,14H2. The van der Waals surface area contributed by atoms with Crippen molar-refractivity contribution in [2.75, 3.05) is 26.2 Å². The van der Waals surface area contributed by atoms with Crippen LogP contribution >= 0.6 is 15.9 Å². The Morgan fingerprint density at radius 3 is 2.36 bits per heavy atom. The third-order valence-corrected chi connectivity index (χ3v) is 5.68. The normalized spacial score (nSPS) is 22.6. The van der Waals surface area contributed by atoms with Crippen LogP contribution in [0.2, 0.25) is 0 Å². The number of piperazine rings is 1. The highest BCUT2D eigenvalue weighted by atomic mass is 79.9. The first kappa shape index (κ1) is 16.3. The fourth-order valence-corrected chi connectivity index (χ4v) is 4.24. The lowest BCUT2D eigenvalue weighted by Gasteiger charge is -2.39. The van der Waals surface area contributed by atoms with E-state index in [1.807, 2.05) is 12.1 Å². The quantitative estimate of drug-likeness (QED) is 0.819. The first-order valence-corrected chi connectivity index (χ1v) is 9.45. The van der Waals surface area contributed by atoms with Crippen LogP contribution in [0.3, 0.4) is 0 Å². The summed E-state index contributed by atoms with van der Waals surface area (Å²) in [5.41, 5.74) is 1.03. The van der Waals surface area contributed by atoms with Gasteiger partial charge in [-0.2, -0.15) is 0 Å². The Bertz CT molecular complexity index is 478. The summed E-state index contributed by atoms with van der Waals surface area (Å²) in [5.74, 6) is 0.411. The van der Waals surface area contributed by atoms with Crippen LogP contribution in [0.15, 0.2) is 22.7 Å². The molecular weight excluding hydrogens is 340 g/mol. The second kappa shape index (κ2) is 7.80. The fourth-order valence-electron chi connectivity index (χ4n) is 3.83. The first-order valence-electron chi connectivity index (χ1n) is 8.66. The summed E-state index contributed by atoms with van der Waals surface area (Å²) in [6, 6.07) is 6.53. The lowest BCUT2D eigenvalue weighted by atomic mass is 10.1. The Morgan fingerprint density at radius 1 is 1.00 bits per heavy atom. The summed E-state index contributed by atoms with van der Waals surface area (Å²) in [5, 5.41) is 9.99. The van der Waals surface area contributed by atoms with Gasteiger partial charge in [-0.3, -0.25) is 9.80 Å². The molecule has 3 nitrogen and oxygen atoms in total. The molecule has 4 heteroatoms. The van der Waals surface area contributed by atoms with E-state index in [0.717, 1.165) is 35.7 Å². The molecule has 1 saturated carbocycles. The number of halogens is 1. The van der Waals surface area contributed by atoms with Crippen LogP contribution in [0, 0.1) is 0 Å². The minimum Gasteiger partial charge on any atom is -0.508 e. The number of nitrogens with zero attached hydrogens (tertiary/aromatic N) is 2. The molecular formula is C18H27BrN2O. The molecule has 3 rings (SSSR count). The number of phenolic OH excluding ortho intramolecular Hbond substituents is 1. The van der Waals surface area contributed by atoms with Crippen LogP contribution in [0.4, 0.5) is 0 Å². The largest absolute Gasteiger partial charge is 0.508 e. The molecule has 1 N–H and O–H groups in total. The molecule has 0 atom stereocenters. The van der Waals surface area contributed by atoms with E-state index in [1.54, 1.807) is 6.07 Å². The van der Waals surface area contributed by atoms with Crippen molar-refractivity contribution in [3.63, 3.8) is 0 Å². The highest BCUT2D eigenvalue weighted by Gasteiger charge is 2.24. The van der Waals surface area contributed by atoms with Crippen LogP contribution in [-0.4, -0.2) is 47.1 Å². The van der Waals surface area contributed by atoms with E-state index in [-0.39, 0.29) is 0 Å². The summed E-state index contributed by atoms with van der Waals surface area (Å²) in [6.45, 7) is 5.44. The van der Waals surface area contributed by atoms with Gasteiger partial charge < -0.3 is 5.11 Å². The van der Waals surface area contributed by atoms with Gasteiger partial charge in [-0.1, -0.05) is 41.6 Å². The highest BCUT2D eigenvalue weighted by molar-refractivity contribution is 9.10. The van der Waals surface area contributed by atoms with Crippen molar-refractivity contribution in [3.05, 3.63) is 28.2 Å². The molecule has 0 aromatic heterocycles. The molecule has 1 aliphatic heterocycles. The van der Waals surface area contributed by atoms with Crippen LogP contribution in [0.5, 0.6) is 5.75 Å². The minimum absolute atomic E-state index is 0.411. The molecule has 1 saturated heterocycles. The van der Waals surface area contributed by atoms with Gasteiger partial charge in [-0.05, 0) is 31.0 Å². The molecule has 22 heavy (non-hydrogen) atoms. The fraction of sp³-hybridized carbons (Fsp3) is 0.667. The average molecular weight is 367 g/mol. The van der Waals surface area contributed by atoms with Gasteiger partial charge in [-0.25, -0.2) is 0 Å². The Balaban J connectivity index is 1.52. The first-order chi connectivity index (χ1) is 10.7. The minimum atomic E-state index is 0.411. The van der Waals surface area contributed by atoms with Gasteiger partial charge in [0.05, 0.1) is 0 Å². The molecule has 0 unspecified atom stereocenters. The Hall–Kier alpha value is -0.580. The van der Waals surface area contributed by atoms with Gasteiger partial charge in [0, 0.05) is 48.8 Å². The Labute approximate surface area is 142 Å². The van der Waals surface area contributed by atoms with Crippen LogP contribution in [0.1, 0.15) is 44.1 Å². The zero-order chi connectivity index (χ0) is 15.4. The van der Waals surface area contributed by atoms with Gasteiger partial charge in [-0.15, -0.1) is 0 Å². The average Bonchev–Trinajstić information content (AvgIpc) is 2.81. The van der Waals surface area contributed by atoms with Crippen LogP contribution in [-0.2, 0) is 6.54 Å². The third kappa shape index (κ3) is 4.24. The molecule has 1 aliphatic carbocycles. The second-order valence-corrected chi connectivity index (χ2v) is 7.65. The van der Waals surface area contributed by atoms with Crippen molar-refractivity contribution in [1.29, 1.82) is 0 Å². The zero-order valence-electron chi connectivity index (χ0n) is 13.3. The van der Waals surface area contributed by atoms with Crippen molar-refractivity contribution in [1.82, 2.24) is 9.80 Å². The molecule has 0 radical (unpaired) electrons. The monoisotopic (exact) mass is 366 g/mol. The lowest BCUT2D eigenvalue weighted by molar-refractivity contribution is 0.0847. The van der Waals surface area contributed by atoms with Gasteiger partial charge in [0.2, 0.25) is 0 Å². The van der Waals surface area contributed by atoms with Crippen LogP contribution in [0.25, 0.3) is 0 Å². The van der Waals surface area contributed by atoms with Crippen molar-refractivity contribution in [3.8, 4) is 5.75 Å². The third-order valence-electron chi connectivity index (χ3n) is 5.18. The van der Waals surface area contributed by atoms with Crippen molar-refractivity contribution in [2.24, 2.45) is 0 Å². The molecule has 0 amide bonds. The van der Waals surface area contributed by atoms with E-state index < -0.39 is 0 Å². The van der Waals surface area contributed by atoms with Crippen molar-refractivity contribution in [2.45, 2.75) is 51.1 Å². The summed E-state index contributed by atoms with van der Waals surface area (Å²) >= 11 is 3.49. The summed E-state index contributed by atoms with van der Waals surface area (Å²) in [4.78, 5) is 5.18. The van der Waals surface area contributed by atoms with Gasteiger partial charge in [0.1, 0.15) is 5.75 Å². The van der Waals surface area contributed by atoms with Crippen molar-refractivity contribution < 1.29 is 5.11 Å². The highest BCUT2D eigenvalue weighted by Crippen LogP contribution is 2.25. The summed E-state index contributed by atoms with van der Waals surface area (Å²) < 4.78 is 1.04. The second-order valence-electron chi connectivity index (χ2n) is 6.73. The van der Waals surface area contributed by atoms with E-state index in [9.17, 15) is 5.11 Å². The van der Waals surface area contributed by atoms with Gasteiger partial charge >= 0.3 is 0 Å². The number of hydrogen-bond acceptors (Lipinski definition) is 3. The zero-order valence-corrected chi connectivity index (χ0v) is 14.9. The van der Waals surface area contributed by atoms with Crippen molar-refractivity contribution >= 4 is 15.9 Å². The number of benzene rings is 1. The van der Waals surface area contributed by atoms with Crippen LogP contribution < -0.4 is 0 Å². The molecule has 1 aromatic rings. The van der Waals surface area contributed by atoms with E-state index in [4.69, 9.17) is 0 Å². The molecule has 2 aliphatic rings. The van der Waals surface area contributed by atoms with Gasteiger partial charge in [0.25, 0.3) is 0 Å². The predicted molar refractivity (Wildman–Crippen MR) is 94.1 cm³/mol. The molecule has 0 bridgehead atoms. The Kier molecular flexibility index (Phi) is 5.77. The van der Waals surface area contributed by atoms with E-state index in [2.05, 4.69) is 25.7 Å². The Morgan fingerprint density at radius 2 is 1.68 bits per heavy atom. The number of rotatable bonds is 3.